The molecule has 0 aromatic carbocycles. The van der Waals surface area contributed by atoms with E-state index in [0.29, 0.717) is 6.42 Å². The van der Waals surface area contributed by atoms with E-state index in [1.165, 1.54) is 13.0 Å². The SMILES string of the molecule is CCCCC(C)(ON=C([C]=O)c1cccc(N)n1)C(=O)O. The van der Waals surface area contributed by atoms with Gasteiger partial charge in [0.2, 0.25) is 5.60 Å². The standard InChI is InChI=1S/C14H18N3O4/c1-3-4-8-14(2,13(19)20)21-17-11(9-18)10-6-5-7-12(15)16-10/h5-7H,3-4,8H2,1-2H3,(H2,15,16)(H,19,20). The first kappa shape index (κ1) is 16.6. The molecule has 0 fully saturated rings. The quantitative estimate of drug-likeness (QED) is 0.554. The van der Waals surface area contributed by atoms with Crippen molar-refractivity contribution in [2.24, 2.45) is 5.16 Å². The number of carboxylic acids is 1. The van der Waals surface area contributed by atoms with E-state index in [0.717, 1.165) is 6.42 Å². The van der Waals surface area contributed by atoms with Crippen molar-refractivity contribution in [3.63, 3.8) is 0 Å². The first-order valence-corrected chi connectivity index (χ1v) is 6.53. The Hall–Kier alpha value is -2.44. The van der Waals surface area contributed by atoms with Crippen molar-refractivity contribution in [1.29, 1.82) is 0 Å². The van der Waals surface area contributed by atoms with E-state index in [2.05, 4.69) is 10.1 Å². The lowest BCUT2D eigenvalue weighted by molar-refractivity contribution is -0.164. The maximum Gasteiger partial charge on any atom is 0.350 e. The Morgan fingerprint density at radius 2 is 2.29 bits per heavy atom. The minimum absolute atomic E-state index is 0.174. The lowest BCUT2D eigenvalue weighted by Crippen LogP contribution is -2.37. The van der Waals surface area contributed by atoms with Crippen LogP contribution in [0.15, 0.2) is 23.4 Å². The Kier molecular flexibility index (Phi) is 5.83. The normalized spacial score (nSPS) is 14.3. The maximum atomic E-state index is 11.3. The zero-order chi connectivity index (χ0) is 15.9. The van der Waals surface area contributed by atoms with Crippen LogP contribution in [0.25, 0.3) is 0 Å². The fourth-order valence-electron chi connectivity index (χ4n) is 1.55. The zero-order valence-corrected chi connectivity index (χ0v) is 12.0. The topological polar surface area (TPSA) is 115 Å². The third kappa shape index (κ3) is 4.55. The Balaban J connectivity index is 2.97. The number of carbonyl (C=O) groups excluding carboxylic acids is 1. The molecule has 0 bridgehead atoms. The number of hydrogen-bond donors (Lipinski definition) is 2. The van der Waals surface area contributed by atoms with Gasteiger partial charge in [-0.1, -0.05) is 24.6 Å². The first-order chi connectivity index (χ1) is 9.92. The molecule has 3 N–H and O–H groups in total. The summed E-state index contributed by atoms with van der Waals surface area (Å²) < 4.78 is 0. The molecular weight excluding hydrogens is 274 g/mol. The third-order valence-corrected chi connectivity index (χ3v) is 2.91. The molecule has 1 aromatic heterocycles. The Bertz CT molecular complexity index is 545. The van der Waals surface area contributed by atoms with E-state index in [9.17, 15) is 14.7 Å². The number of aromatic nitrogens is 1. The van der Waals surface area contributed by atoms with Gasteiger partial charge in [-0.05, 0) is 25.5 Å². The Morgan fingerprint density at radius 3 is 2.81 bits per heavy atom. The molecule has 0 aliphatic rings. The number of nitrogens with two attached hydrogens (primary N) is 1. The van der Waals surface area contributed by atoms with Gasteiger partial charge in [-0.2, -0.15) is 0 Å². The molecule has 1 unspecified atom stereocenters. The largest absolute Gasteiger partial charge is 0.478 e. The summed E-state index contributed by atoms with van der Waals surface area (Å²) in [5.41, 5.74) is 3.96. The molecule has 113 valence electrons. The summed E-state index contributed by atoms with van der Waals surface area (Å²) in [6.07, 6.45) is 3.33. The number of oxime groups is 1. The Morgan fingerprint density at radius 1 is 1.57 bits per heavy atom. The number of hydrogen-bond acceptors (Lipinski definition) is 6. The summed E-state index contributed by atoms with van der Waals surface area (Å²) in [6.45, 7) is 3.34. The van der Waals surface area contributed by atoms with Crippen LogP contribution < -0.4 is 5.73 Å². The smallest absolute Gasteiger partial charge is 0.350 e. The molecule has 0 amide bonds. The predicted octanol–water partition coefficient (Wildman–Crippen LogP) is 1.53. The second-order valence-corrected chi connectivity index (χ2v) is 4.72. The van der Waals surface area contributed by atoms with Gasteiger partial charge in [0.05, 0.1) is 5.69 Å². The average molecular weight is 292 g/mol. The number of unbranched alkanes of at least 4 members (excludes halogenated alkanes) is 1. The van der Waals surface area contributed by atoms with E-state index in [-0.39, 0.29) is 23.6 Å². The highest BCUT2D eigenvalue weighted by Gasteiger charge is 2.35. The van der Waals surface area contributed by atoms with E-state index >= 15 is 0 Å². The van der Waals surface area contributed by atoms with Crippen molar-refractivity contribution < 1.29 is 19.5 Å². The molecule has 1 aromatic rings. The molecule has 1 atom stereocenters. The van der Waals surface area contributed by atoms with E-state index in [1.807, 2.05) is 6.92 Å². The van der Waals surface area contributed by atoms with Crippen LogP contribution in [0.2, 0.25) is 0 Å². The molecule has 0 spiro atoms. The van der Waals surface area contributed by atoms with Crippen molar-refractivity contribution in [3.05, 3.63) is 23.9 Å². The van der Waals surface area contributed by atoms with Crippen molar-refractivity contribution in [3.8, 4) is 0 Å². The predicted molar refractivity (Wildman–Crippen MR) is 77.5 cm³/mol. The van der Waals surface area contributed by atoms with Crippen LogP contribution in [0, 0.1) is 0 Å². The number of rotatable bonds is 8. The molecule has 1 rings (SSSR count). The van der Waals surface area contributed by atoms with Gasteiger partial charge in [0.25, 0.3) is 6.29 Å². The summed E-state index contributed by atoms with van der Waals surface area (Å²) in [6, 6.07) is 4.65. The average Bonchev–Trinajstić information content (AvgIpc) is 2.45. The van der Waals surface area contributed by atoms with Gasteiger partial charge in [-0.25, -0.2) is 9.78 Å². The zero-order valence-electron chi connectivity index (χ0n) is 12.0. The molecule has 21 heavy (non-hydrogen) atoms. The molecule has 7 nitrogen and oxygen atoms in total. The monoisotopic (exact) mass is 292 g/mol. The van der Waals surface area contributed by atoms with Gasteiger partial charge < -0.3 is 15.7 Å². The van der Waals surface area contributed by atoms with E-state index < -0.39 is 11.6 Å². The first-order valence-electron chi connectivity index (χ1n) is 6.53. The maximum absolute atomic E-state index is 11.3. The van der Waals surface area contributed by atoms with Crippen LogP contribution in [0.3, 0.4) is 0 Å². The molecule has 0 saturated heterocycles. The van der Waals surface area contributed by atoms with Gasteiger partial charge >= 0.3 is 5.97 Å². The number of carbonyl (C=O) groups is 1. The summed E-state index contributed by atoms with van der Waals surface area (Å²) >= 11 is 0. The van der Waals surface area contributed by atoms with Crippen molar-refractivity contribution in [2.75, 3.05) is 5.73 Å². The summed E-state index contributed by atoms with van der Waals surface area (Å²) in [5, 5.41) is 12.8. The van der Waals surface area contributed by atoms with Gasteiger partial charge in [0.1, 0.15) is 5.82 Å². The number of nitrogens with zero attached hydrogens (tertiary/aromatic N) is 2. The number of carboxylic acid groups (broad SMARTS) is 1. The number of aliphatic carboxylic acids is 1. The highest BCUT2D eigenvalue weighted by molar-refractivity contribution is 6.35. The van der Waals surface area contributed by atoms with Crippen LogP contribution in [-0.4, -0.2) is 33.7 Å². The molecule has 0 saturated carbocycles. The van der Waals surface area contributed by atoms with Gasteiger partial charge in [0, 0.05) is 6.42 Å². The second-order valence-electron chi connectivity index (χ2n) is 4.72. The lowest BCUT2D eigenvalue weighted by Gasteiger charge is -2.22. The van der Waals surface area contributed by atoms with Crippen molar-refractivity contribution in [1.82, 2.24) is 4.98 Å². The number of nitrogen functional groups attached to an aromatic ring is 1. The third-order valence-electron chi connectivity index (χ3n) is 2.91. The molecule has 1 radical (unpaired) electrons. The van der Waals surface area contributed by atoms with Crippen LogP contribution in [0.5, 0.6) is 0 Å². The van der Waals surface area contributed by atoms with Crippen molar-refractivity contribution >= 4 is 23.8 Å². The number of pyridine rings is 1. The molecule has 0 aliphatic heterocycles. The molecular formula is C14H18N3O4. The minimum atomic E-state index is -1.50. The minimum Gasteiger partial charge on any atom is -0.478 e. The fraction of sp³-hybridized carbons (Fsp3) is 0.429. The van der Waals surface area contributed by atoms with Crippen LogP contribution in [0.4, 0.5) is 5.82 Å². The second kappa shape index (κ2) is 7.37. The molecule has 7 heteroatoms. The van der Waals surface area contributed by atoms with E-state index in [4.69, 9.17) is 10.6 Å². The molecule has 1 heterocycles. The highest BCUT2D eigenvalue weighted by Crippen LogP contribution is 2.20. The summed E-state index contributed by atoms with van der Waals surface area (Å²) in [7, 11) is 0. The van der Waals surface area contributed by atoms with Crippen molar-refractivity contribution in [2.45, 2.75) is 38.7 Å². The number of anilines is 1. The van der Waals surface area contributed by atoms with Gasteiger partial charge in [-0.3, -0.25) is 4.79 Å². The lowest BCUT2D eigenvalue weighted by atomic mass is 10.00. The fourth-order valence-corrected chi connectivity index (χ4v) is 1.55. The Labute approximate surface area is 122 Å². The van der Waals surface area contributed by atoms with Crippen LogP contribution in [0.1, 0.15) is 38.8 Å². The highest BCUT2D eigenvalue weighted by atomic mass is 16.7. The van der Waals surface area contributed by atoms with Gasteiger partial charge in [-0.15, -0.1) is 0 Å². The van der Waals surface area contributed by atoms with Crippen LogP contribution in [-0.2, 0) is 14.4 Å². The summed E-state index contributed by atoms with van der Waals surface area (Å²) in [4.78, 5) is 31.2. The van der Waals surface area contributed by atoms with E-state index in [1.54, 1.807) is 18.4 Å². The molecule has 0 aliphatic carbocycles. The van der Waals surface area contributed by atoms with Crippen LogP contribution >= 0.6 is 0 Å². The van der Waals surface area contributed by atoms with Gasteiger partial charge in [0.15, 0.2) is 5.71 Å². The summed E-state index contributed by atoms with van der Waals surface area (Å²) in [5.74, 6) is -0.937.